The Bertz CT molecular complexity index is 1580. The Labute approximate surface area is 219 Å². The maximum Gasteiger partial charge on any atom is 0.279 e. The summed E-state index contributed by atoms with van der Waals surface area (Å²) in [6.45, 7) is 4.88. The number of nitrogens with two attached hydrogens (primary N) is 1. The molecule has 0 saturated carbocycles. The Morgan fingerprint density at radius 3 is 2.30 bits per heavy atom. The highest BCUT2D eigenvalue weighted by molar-refractivity contribution is 7.89. The molecule has 0 radical (unpaired) electrons. The fraction of sp³-hybridized carbons (Fsp3) is 0.391. The first-order valence-electron chi connectivity index (χ1n) is 11.4. The molecule has 0 unspecified atom stereocenters. The number of hydrogen-bond donors (Lipinski definition) is 1. The van der Waals surface area contributed by atoms with Gasteiger partial charge in [0.2, 0.25) is 20.0 Å². The zero-order valence-electron chi connectivity index (χ0n) is 20.5. The van der Waals surface area contributed by atoms with Gasteiger partial charge in [-0.25, -0.2) is 22.0 Å². The van der Waals surface area contributed by atoms with E-state index in [2.05, 4.69) is 4.99 Å². The van der Waals surface area contributed by atoms with Crippen molar-refractivity contribution in [2.75, 3.05) is 26.8 Å². The van der Waals surface area contributed by atoms with Gasteiger partial charge in [0.15, 0.2) is 4.80 Å². The number of carbonyl (C=O) groups excluding carboxylic acids is 1. The van der Waals surface area contributed by atoms with Crippen LogP contribution in [-0.2, 0) is 36.1 Å². The number of carbonyl (C=O) groups is 1. The topological polar surface area (TPSA) is 150 Å². The van der Waals surface area contributed by atoms with E-state index in [0.29, 0.717) is 28.2 Å². The number of fused-ring (bicyclic) bond motifs is 1. The molecule has 2 N–H and O–H groups in total. The van der Waals surface area contributed by atoms with Crippen LogP contribution in [0.15, 0.2) is 57.2 Å². The fourth-order valence-corrected chi connectivity index (χ4v) is 7.41. The van der Waals surface area contributed by atoms with Crippen molar-refractivity contribution in [1.29, 1.82) is 0 Å². The van der Waals surface area contributed by atoms with E-state index in [-0.39, 0.29) is 40.7 Å². The molecule has 0 bridgehead atoms. The minimum atomic E-state index is -3.90. The zero-order chi connectivity index (χ0) is 27.0. The molecule has 14 heteroatoms. The molecule has 11 nitrogen and oxygen atoms in total. The van der Waals surface area contributed by atoms with Crippen molar-refractivity contribution in [1.82, 2.24) is 8.87 Å². The molecule has 1 fully saturated rings. The molecule has 0 aliphatic carbocycles. The first-order valence-corrected chi connectivity index (χ1v) is 15.2. The molecule has 2 heterocycles. The number of hydrogen-bond acceptors (Lipinski definition) is 8. The van der Waals surface area contributed by atoms with Crippen molar-refractivity contribution >= 4 is 47.5 Å². The molecule has 1 aromatic heterocycles. The van der Waals surface area contributed by atoms with Crippen LogP contribution in [0.1, 0.15) is 24.2 Å². The SMILES string of the molecule is COCCn1c(=NC(=O)c2ccc(S(=O)(=O)N3C[C@@H](C)O[C@@H](C)C3)cc2)sc2cc(S(N)(=O)=O)ccc21. The summed E-state index contributed by atoms with van der Waals surface area (Å²) in [4.78, 5) is 17.6. The van der Waals surface area contributed by atoms with E-state index < -0.39 is 26.0 Å². The third kappa shape index (κ3) is 6.00. The molecule has 4 rings (SSSR count). The standard InChI is InChI=1S/C23H28N4O7S3/c1-15-13-26(14-16(2)34-15)37(31,32)18-6-4-17(5-7-18)22(28)25-23-27(10-11-33-3)20-9-8-19(36(24,29)30)12-21(20)35-23/h4-9,12,15-16H,10-11,13-14H2,1-3H3,(H2,24,29,30)/t15-,16+. The summed E-state index contributed by atoms with van der Waals surface area (Å²) >= 11 is 1.14. The van der Waals surface area contributed by atoms with Crippen LogP contribution in [0.2, 0.25) is 0 Å². The second-order valence-electron chi connectivity index (χ2n) is 8.72. The van der Waals surface area contributed by atoms with Crippen LogP contribution in [0.3, 0.4) is 0 Å². The molecular weight excluding hydrogens is 540 g/mol. The van der Waals surface area contributed by atoms with Gasteiger partial charge in [-0.05, 0) is 56.3 Å². The smallest absolute Gasteiger partial charge is 0.279 e. The van der Waals surface area contributed by atoms with Crippen LogP contribution in [0.5, 0.6) is 0 Å². The number of sulfonamides is 2. The average molecular weight is 569 g/mol. The van der Waals surface area contributed by atoms with E-state index in [4.69, 9.17) is 14.6 Å². The monoisotopic (exact) mass is 568 g/mol. The molecule has 1 aliphatic heterocycles. The van der Waals surface area contributed by atoms with Crippen molar-refractivity contribution in [3.8, 4) is 0 Å². The van der Waals surface area contributed by atoms with Crippen molar-refractivity contribution in [2.24, 2.45) is 10.1 Å². The van der Waals surface area contributed by atoms with Gasteiger partial charge in [-0.2, -0.15) is 9.30 Å². The van der Waals surface area contributed by atoms with E-state index in [9.17, 15) is 21.6 Å². The van der Waals surface area contributed by atoms with E-state index >= 15 is 0 Å². The van der Waals surface area contributed by atoms with Crippen LogP contribution in [0.25, 0.3) is 10.2 Å². The van der Waals surface area contributed by atoms with Crippen molar-refractivity contribution in [3.63, 3.8) is 0 Å². The van der Waals surface area contributed by atoms with Gasteiger partial charge in [0, 0.05) is 32.3 Å². The zero-order valence-corrected chi connectivity index (χ0v) is 23.0. The molecule has 37 heavy (non-hydrogen) atoms. The predicted octanol–water partition coefficient (Wildman–Crippen LogP) is 1.54. The summed E-state index contributed by atoms with van der Waals surface area (Å²) in [7, 11) is -6.09. The number of primary sulfonamides is 1. The van der Waals surface area contributed by atoms with Gasteiger partial charge in [0.1, 0.15) is 0 Å². The van der Waals surface area contributed by atoms with Crippen LogP contribution >= 0.6 is 11.3 Å². The number of ether oxygens (including phenoxy) is 2. The first-order chi connectivity index (χ1) is 17.4. The fourth-order valence-electron chi connectivity index (χ4n) is 4.11. The minimum absolute atomic E-state index is 0.0427. The second kappa shape index (κ2) is 10.7. The lowest BCUT2D eigenvalue weighted by Gasteiger charge is -2.34. The third-order valence-corrected chi connectivity index (χ3v) is 9.62. The molecule has 200 valence electrons. The molecular formula is C23H28N4O7S3. The van der Waals surface area contributed by atoms with Gasteiger partial charge in [-0.15, -0.1) is 0 Å². The highest BCUT2D eigenvalue weighted by Gasteiger charge is 2.32. The molecule has 1 amide bonds. The minimum Gasteiger partial charge on any atom is -0.383 e. The summed E-state index contributed by atoms with van der Waals surface area (Å²) in [6, 6.07) is 10.1. The van der Waals surface area contributed by atoms with Gasteiger partial charge in [-0.3, -0.25) is 4.79 Å². The number of thiazole rings is 1. The lowest BCUT2D eigenvalue weighted by atomic mass is 10.2. The first kappa shape index (κ1) is 27.6. The average Bonchev–Trinajstić information content (AvgIpc) is 3.17. The summed E-state index contributed by atoms with van der Waals surface area (Å²) in [5.41, 5.74) is 0.889. The molecule has 0 spiro atoms. The number of aromatic nitrogens is 1. The summed E-state index contributed by atoms with van der Waals surface area (Å²) in [5.74, 6) is -0.568. The maximum absolute atomic E-state index is 13.1. The van der Waals surface area contributed by atoms with E-state index in [0.717, 1.165) is 11.3 Å². The molecule has 1 aliphatic rings. The quantitative estimate of drug-likeness (QED) is 0.454. The number of nitrogens with zero attached hydrogens (tertiary/aromatic N) is 3. The number of rotatable bonds is 7. The van der Waals surface area contributed by atoms with Crippen LogP contribution < -0.4 is 9.94 Å². The van der Waals surface area contributed by atoms with Crippen LogP contribution in [0.4, 0.5) is 0 Å². The van der Waals surface area contributed by atoms with Crippen molar-refractivity contribution in [2.45, 2.75) is 42.4 Å². The number of methoxy groups -OCH3 is 1. The summed E-state index contributed by atoms with van der Waals surface area (Å²) < 4.78 is 64.2. The lowest BCUT2D eigenvalue weighted by Crippen LogP contribution is -2.48. The summed E-state index contributed by atoms with van der Waals surface area (Å²) in [6.07, 6.45) is -0.435. The Morgan fingerprint density at radius 2 is 1.70 bits per heavy atom. The molecule has 1 saturated heterocycles. The highest BCUT2D eigenvalue weighted by atomic mass is 32.2. The third-order valence-electron chi connectivity index (χ3n) is 5.82. The Balaban J connectivity index is 1.66. The molecule has 2 aromatic carbocycles. The number of amides is 1. The van der Waals surface area contributed by atoms with E-state index in [1.807, 2.05) is 13.8 Å². The lowest BCUT2D eigenvalue weighted by molar-refractivity contribution is -0.0440. The Morgan fingerprint density at radius 1 is 1.08 bits per heavy atom. The van der Waals surface area contributed by atoms with Crippen molar-refractivity contribution < 1.29 is 31.1 Å². The van der Waals surface area contributed by atoms with E-state index in [1.54, 1.807) is 17.7 Å². The molecule has 3 aromatic rings. The largest absolute Gasteiger partial charge is 0.383 e. The van der Waals surface area contributed by atoms with Crippen molar-refractivity contribution in [3.05, 3.63) is 52.8 Å². The Hall–Kier alpha value is -2.46. The van der Waals surface area contributed by atoms with Crippen LogP contribution in [-0.4, -0.2) is 70.6 Å². The molecule has 2 atom stereocenters. The number of benzene rings is 2. The van der Waals surface area contributed by atoms with Gasteiger partial charge in [0.25, 0.3) is 5.91 Å². The van der Waals surface area contributed by atoms with E-state index in [1.165, 1.54) is 40.7 Å². The summed E-state index contributed by atoms with van der Waals surface area (Å²) in [5, 5.41) is 5.25. The predicted molar refractivity (Wildman–Crippen MR) is 138 cm³/mol. The van der Waals surface area contributed by atoms with Gasteiger partial charge in [-0.1, -0.05) is 11.3 Å². The van der Waals surface area contributed by atoms with Crippen LogP contribution in [0, 0.1) is 0 Å². The van der Waals surface area contributed by atoms with Gasteiger partial charge in [0.05, 0.1) is 38.8 Å². The normalized spacial score (nSPS) is 19.9. The van der Waals surface area contributed by atoms with Gasteiger partial charge >= 0.3 is 0 Å². The number of morpholine rings is 1. The second-order valence-corrected chi connectivity index (χ2v) is 13.2. The maximum atomic E-state index is 13.1. The Kier molecular flexibility index (Phi) is 7.99. The highest BCUT2D eigenvalue weighted by Crippen LogP contribution is 2.23. The van der Waals surface area contributed by atoms with Gasteiger partial charge < -0.3 is 14.0 Å².